The smallest absolute Gasteiger partial charge is 0.189 e. The van der Waals surface area contributed by atoms with Crippen LogP contribution in [-0.4, -0.2) is 4.98 Å². The molecule has 1 aromatic heterocycles. The van der Waals surface area contributed by atoms with E-state index in [2.05, 4.69) is 11.1 Å². The number of fused-ring (bicyclic) bond motifs is 3. The number of H-pyrrole nitrogens is 1. The lowest BCUT2D eigenvalue weighted by Crippen LogP contribution is -2.03. The number of rotatable bonds is 0. The van der Waals surface area contributed by atoms with Gasteiger partial charge in [-0.15, -0.1) is 0 Å². The lowest BCUT2D eigenvalue weighted by Gasteiger charge is -2.03. The van der Waals surface area contributed by atoms with E-state index in [1.165, 1.54) is 17.5 Å². The topological polar surface area (TPSA) is 32.9 Å². The van der Waals surface area contributed by atoms with Crippen molar-refractivity contribution < 1.29 is 0 Å². The number of benzene rings is 1. The molecule has 2 heteroatoms. The zero-order chi connectivity index (χ0) is 9.54. The third kappa shape index (κ3) is 0.939. The SMILES string of the molecule is O=c1cc[nH]c2ccc3c(c12)CCC3. The Morgan fingerprint density at radius 3 is 3.00 bits per heavy atom. The normalized spacial score (nSPS) is 14.6. The minimum atomic E-state index is 0.150. The highest BCUT2D eigenvalue weighted by Gasteiger charge is 2.15. The van der Waals surface area contributed by atoms with E-state index in [-0.39, 0.29) is 5.43 Å². The van der Waals surface area contributed by atoms with Gasteiger partial charge < -0.3 is 4.98 Å². The summed E-state index contributed by atoms with van der Waals surface area (Å²) in [5.41, 5.74) is 3.74. The Kier molecular flexibility index (Phi) is 1.51. The Labute approximate surface area is 81.6 Å². The molecule has 1 N–H and O–H groups in total. The fourth-order valence-corrected chi connectivity index (χ4v) is 2.36. The first-order valence-electron chi connectivity index (χ1n) is 4.98. The monoisotopic (exact) mass is 185 g/mol. The van der Waals surface area contributed by atoms with Crippen LogP contribution in [0.15, 0.2) is 29.2 Å². The first-order chi connectivity index (χ1) is 6.86. The summed E-state index contributed by atoms with van der Waals surface area (Å²) in [5.74, 6) is 0. The molecule has 0 amide bonds. The maximum absolute atomic E-state index is 11.7. The first kappa shape index (κ1) is 7.80. The van der Waals surface area contributed by atoms with Gasteiger partial charge in [0.15, 0.2) is 5.43 Å². The number of aromatic amines is 1. The quantitative estimate of drug-likeness (QED) is 0.669. The van der Waals surface area contributed by atoms with E-state index in [1.807, 2.05) is 6.07 Å². The second-order valence-corrected chi connectivity index (χ2v) is 3.82. The third-order valence-corrected chi connectivity index (χ3v) is 3.00. The van der Waals surface area contributed by atoms with E-state index in [9.17, 15) is 4.79 Å². The summed E-state index contributed by atoms with van der Waals surface area (Å²) >= 11 is 0. The molecule has 1 heterocycles. The van der Waals surface area contributed by atoms with Gasteiger partial charge in [-0.2, -0.15) is 0 Å². The summed E-state index contributed by atoms with van der Waals surface area (Å²) in [4.78, 5) is 14.8. The highest BCUT2D eigenvalue weighted by Crippen LogP contribution is 2.26. The van der Waals surface area contributed by atoms with Crippen LogP contribution in [0.5, 0.6) is 0 Å². The molecule has 0 aliphatic heterocycles. The van der Waals surface area contributed by atoms with Crippen LogP contribution in [0.4, 0.5) is 0 Å². The molecule has 70 valence electrons. The fraction of sp³-hybridized carbons (Fsp3) is 0.250. The van der Waals surface area contributed by atoms with Gasteiger partial charge in [0.05, 0.1) is 0 Å². The highest BCUT2D eigenvalue weighted by molar-refractivity contribution is 5.83. The van der Waals surface area contributed by atoms with Crippen molar-refractivity contribution >= 4 is 10.9 Å². The Bertz CT molecular complexity index is 554. The van der Waals surface area contributed by atoms with Crippen molar-refractivity contribution in [3.05, 3.63) is 45.7 Å². The van der Waals surface area contributed by atoms with Gasteiger partial charge in [0.2, 0.25) is 0 Å². The van der Waals surface area contributed by atoms with Crippen molar-refractivity contribution in [2.24, 2.45) is 0 Å². The molecule has 1 aliphatic rings. The molecule has 0 spiro atoms. The molecule has 0 saturated carbocycles. The van der Waals surface area contributed by atoms with Gasteiger partial charge >= 0.3 is 0 Å². The van der Waals surface area contributed by atoms with Crippen LogP contribution in [0.2, 0.25) is 0 Å². The molecule has 0 bridgehead atoms. The Morgan fingerprint density at radius 1 is 1.14 bits per heavy atom. The number of nitrogens with one attached hydrogen (secondary N) is 1. The van der Waals surface area contributed by atoms with Crippen molar-refractivity contribution in [1.82, 2.24) is 4.98 Å². The van der Waals surface area contributed by atoms with E-state index in [0.29, 0.717) is 0 Å². The zero-order valence-electron chi connectivity index (χ0n) is 7.84. The summed E-state index contributed by atoms with van der Waals surface area (Å²) in [6.07, 6.45) is 5.08. The van der Waals surface area contributed by atoms with Crippen molar-refractivity contribution in [3.63, 3.8) is 0 Å². The summed E-state index contributed by atoms with van der Waals surface area (Å²) < 4.78 is 0. The molecule has 0 fully saturated rings. The highest BCUT2D eigenvalue weighted by atomic mass is 16.1. The molecule has 3 rings (SSSR count). The maximum atomic E-state index is 11.7. The van der Waals surface area contributed by atoms with Crippen molar-refractivity contribution in [2.75, 3.05) is 0 Å². The standard InChI is InChI=1S/C12H11NO/c14-11-6-7-13-10-5-4-8-2-1-3-9(8)12(10)11/h4-7H,1-3H2,(H,13,14). The lowest BCUT2D eigenvalue weighted by atomic mass is 10.0. The van der Waals surface area contributed by atoms with Gasteiger partial charge in [-0.3, -0.25) is 4.79 Å². The molecule has 0 radical (unpaired) electrons. The summed E-state index contributed by atoms with van der Waals surface area (Å²) in [6, 6.07) is 5.77. The van der Waals surface area contributed by atoms with Crippen molar-refractivity contribution in [3.8, 4) is 0 Å². The molecule has 1 aromatic carbocycles. The molecule has 0 saturated heterocycles. The van der Waals surface area contributed by atoms with Crippen LogP contribution >= 0.6 is 0 Å². The molecule has 14 heavy (non-hydrogen) atoms. The molecule has 2 nitrogen and oxygen atoms in total. The molecular formula is C12H11NO. The largest absolute Gasteiger partial charge is 0.361 e. The van der Waals surface area contributed by atoms with Crippen LogP contribution in [0, 0.1) is 0 Å². The Hall–Kier alpha value is -1.57. The summed E-state index contributed by atoms with van der Waals surface area (Å²) in [7, 11) is 0. The fourth-order valence-electron chi connectivity index (χ4n) is 2.36. The molecule has 2 aromatic rings. The Morgan fingerprint density at radius 2 is 2.07 bits per heavy atom. The van der Waals surface area contributed by atoms with Gasteiger partial charge in [-0.05, 0) is 36.5 Å². The minimum Gasteiger partial charge on any atom is -0.361 e. The van der Waals surface area contributed by atoms with Crippen LogP contribution < -0.4 is 5.43 Å². The van der Waals surface area contributed by atoms with Crippen LogP contribution in [-0.2, 0) is 12.8 Å². The number of pyridine rings is 1. The van der Waals surface area contributed by atoms with E-state index in [0.717, 1.165) is 23.7 Å². The number of hydrogen-bond donors (Lipinski definition) is 1. The van der Waals surface area contributed by atoms with E-state index in [1.54, 1.807) is 12.3 Å². The second kappa shape index (κ2) is 2.71. The third-order valence-electron chi connectivity index (χ3n) is 3.00. The van der Waals surface area contributed by atoms with Gasteiger partial charge in [0, 0.05) is 23.2 Å². The average molecular weight is 185 g/mol. The average Bonchev–Trinajstić information content (AvgIpc) is 2.65. The lowest BCUT2D eigenvalue weighted by molar-refractivity contribution is 0.913. The van der Waals surface area contributed by atoms with Gasteiger partial charge in [0.25, 0.3) is 0 Å². The Balaban J connectivity index is 2.53. The molecule has 0 unspecified atom stereocenters. The molecule has 1 aliphatic carbocycles. The van der Waals surface area contributed by atoms with Crippen LogP contribution in [0.1, 0.15) is 17.5 Å². The zero-order valence-corrected chi connectivity index (χ0v) is 7.84. The van der Waals surface area contributed by atoms with E-state index in [4.69, 9.17) is 0 Å². The maximum Gasteiger partial charge on any atom is 0.189 e. The van der Waals surface area contributed by atoms with Crippen LogP contribution in [0.25, 0.3) is 10.9 Å². The van der Waals surface area contributed by atoms with Crippen molar-refractivity contribution in [1.29, 1.82) is 0 Å². The first-order valence-corrected chi connectivity index (χ1v) is 4.98. The van der Waals surface area contributed by atoms with Gasteiger partial charge in [-0.25, -0.2) is 0 Å². The number of aryl methyl sites for hydroxylation is 2. The summed E-state index contributed by atoms with van der Waals surface area (Å²) in [6.45, 7) is 0. The van der Waals surface area contributed by atoms with Crippen LogP contribution in [0.3, 0.4) is 0 Å². The van der Waals surface area contributed by atoms with Gasteiger partial charge in [-0.1, -0.05) is 6.07 Å². The predicted octanol–water partition coefficient (Wildman–Crippen LogP) is 2.02. The number of aromatic nitrogens is 1. The summed E-state index contributed by atoms with van der Waals surface area (Å²) in [5, 5.41) is 0.905. The predicted molar refractivity (Wildman–Crippen MR) is 56.6 cm³/mol. The molecular weight excluding hydrogens is 174 g/mol. The molecule has 0 atom stereocenters. The second-order valence-electron chi connectivity index (χ2n) is 3.82. The van der Waals surface area contributed by atoms with E-state index >= 15 is 0 Å². The van der Waals surface area contributed by atoms with Gasteiger partial charge in [0.1, 0.15) is 0 Å². The van der Waals surface area contributed by atoms with Crippen molar-refractivity contribution in [2.45, 2.75) is 19.3 Å². The number of hydrogen-bond acceptors (Lipinski definition) is 1. The van der Waals surface area contributed by atoms with E-state index < -0.39 is 0 Å². The minimum absolute atomic E-state index is 0.150.